The molecule has 0 aliphatic heterocycles. The van der Waals surface area contributed by atoms with Crippen LogP contribution in [-0.4, -0.2) is 40.2 Å². The minimum Gasteiger partial charge on any atom is -0.383 e. The maximum absolute atomic E-state index is 12.3. The number of ether oxygens (including phenoxy) is 1. The lowest BCUT2D eigenvalue weighted by Gasteiger charge is -2.25. The van der Waals surface area contributed by atoms with Gasteiger partial charge in [0.1, 0.15) is 5.82 Å². The van der Waals surface area contributed by atoms with Crippen LogP contribution in [0.5, 0.6) is 0 Å². The lowest BCUT2D eigenvalue weighted by Crippen LogP contribution is -2.37. The van der Waals surface area contributed by atoms with Gasteiger partial charge in [-0.25, -0.2) is 4.98 Å². The van der Waals surface area contributed by atoms with Crippen LogP contribution < -0.4 is 10.9 Å². The van der Waals surface area contributed by atoms with Crippen molar-refractivity contribution in [3.63, 3.8) is 0 Å². The molecule has 0 unspecified atom stereocenters. The van der Waals surface area contributed by atoms with E-state index >= 15 is 0 Å². The van der Waals surface area contributed by atoms with Gasteiger partial charge in [-0.1, -0.05) is 18.2 Å². The van der Waals surface area contributed by atoms with E-state index in [1.54, 1.807) is 13.2 Å². The highest BCUT2D eigenvalue weighted by Crippen LogP contribution is 2.15. The molecule has 0 radical (unpaired) electrons. The fourth-order valence-electron chi connectivity index (χ4n) is 3.09. The number of nitrogens with one attached hydrogen (secondary N) is 2. The molecule has 0 fully saturated rings. The van der Waals surface area contributed by atoms with Crippen LogP contribution in [0.1, 0.15) is 17.0 Å². The van der Waals surface area contributed by atoms with Crippen LogP contribution >= 0.6 is 12.2 Å². The molecule has 2 N–H and O–H groups in total. The number of fused-ring (bicyclic) bond motifs is 1. The Labute approximate surface area is 169 Å². The number of H-pyrrole nitrogens is 1. The van der Waals surface area contributed by atoms with Crippen LogP contribution in [0.3, 0.4) is 0 Å². The Balaban J connectivity index is 1.83. The molecule has 0 aliphatic carbocycles. The third kappa shape index (κ3) is 4.94. The van der Waals surface area contributed by atoms with E-state index in [1.165, 1.54) is 0 Å². The van der Waals surface area contributed by atoms with E-state index in [9.17, 15) is 4.79 Å². The van der Waals surface area contributed by atoms with Crippen LogP contribution in [0.15, 0.2) is 47.3 Å². The monoisotopic (exact) mass is 396 g/mol. The number of rotatable bonds is 6. The summed E-state index contributed by atoms with van der Waals surface area (Å²) in [6.45, 7) is 5.55. The molecule has 3 rings (SSSR count). The fraction of sp³-hybridized carbons (Fsp3) is 0.286. The highest BCUT2D eigenvalue weighted by molar-refractivity contribution is 7.80. The minimum absolute atomic E-state index is 0.152. The lowest BCUT2D eigenvalue weighted by atomic mass is 10.1. The Kier molecular flexibility index (Phi) is 6.38. The Morgan fingerprint density at radius 1 is 1.21 bits per heavy atom. The summed E-state index contributed by atoms with van der Waals surface area (Å²) in [6.07, 6.45) is 0. The van der Waals surface area contributed by atoms with E-state index in [4.69, 9.17) is 17.0 Å². The summed E-state index contributed by atoms with van der Waals surface area (Å²) >= 11 is 5.62. The van der Waals surface area contributed by atoms with Crippen molar-refractivity contribution in [3.05, 3.63) is 69.8 Å². The first-order valence-electron chi connectivity index (χ1n) is 9.07. The van der Waals surface area contributed by atoms with Gasteiger partial charge < -0.3 is 19.9 Å². The van der Waals surface area contributed by atoms with E-state index in [0.717, 1.165) is 16.8 Å². The molecular weight excluding hydrogens is 372 g/mol. The predicted octanol–water partition coefficient (Wildman–Crippen LogP) is 3.39. The Hall–Kier alpha value is -2.77. The van der Waals surface area contributed by atoms with Crippen LogP contribution in [-0.2, 0) is 11.3 Å². The molecule has 0 amide bonds. The van der Waals surface area contributed by atoms with Crippen molar-refractivity contribution in [2.75, 3.05) is 25.6 Å². The van der Waals surface area contributed by atoms with Gasteiger partial charge in [-0.2, -0.15) is 0 Å². The fourth-order valence-corrected chi connectivity index (χ4v) is 3.37. The second kappa shape index (κ2) is 8.95. The van der Waals surface area contributed by atoms with E-state index in [0.29, 0.717) is 41.5 Å². The molecule has 2 aromatic carbocycles. The van der Waals surface area contributed by atoms with Gasteiger partial charge in [0.25, 0.3) is 5.56 Å². The standard InChI is InChI=1S/C21H24N4O2S/c1-14-10-15(2)12-16(11-14)22-21(28)25(8-9-27-3)13-19-23-18-7-5-4-6-17(18)20(26)24-19/h4-7,10-12H,8-9,13H2,1-3H3,(H,22,28)(H,23,24,26). The average molecular weight is 397 g/mol. The van der Waals surface area contributed by atoms with Crippen LogP contribution in [0, 0.1) is 13.8 Å². The van der Waals surface area contributed by atoms with E-state index < -0.39 is 0 Å². The van der Waals surface area contributed by atoms with Gasteiger partial charge in [-0.3, -0.25) is 4.79 Å². The number of para-hydroxylation sites is 1. The molecule has 0 saturated carbocycles. The van der Waals surface area contributed by atoms with Crippen molar-refractivity contribution in [3.8, 4) is 0 Å². The number of aryl methyl sites for hydroxylation is 2. The second-order valence-corrected chi connectivity index (χ2v) is 7.14. The third-order valence-corrected chi connectivity index (χ3v) is 4.69. The molecule has 0 spiro atoms. The molecule has 146 valence electrons. The zero-order valence-corrected chi connectivity index (χ0v) is 17.1. The summed E-state index contributed by atoms with van der Waals surface area (Å²) in [7, 11) is 1.65. The molecule has 6 nitrogen and oxygen atoms in total. The van der Waals surface area contributed by atoms with E-state index in [2.05, 4.69) is 21.4 Å². The number of anilines is 1. The number of aromatic nitrogens is 2. The van der Waals surface area contributed by atoms with Gasteiger partial charge in [0, 0.05) is 19.3 Å². The highest BCUT2D eigenvalue weighted by Gasteiger charge is 2.13. The predicted molar refractivity (Wildman–Crippen MR) is 117 cm³/mol. The SMILES string of the molecule is COCCN(Cc1nc2ccccc2c(=O)[nH]1)C(=S)Nc1cc(C)cc(C)c1. The first-order valence-corrected chi connectivity index (χ1v) is 9.48. The Morgan fingerprint density at radius 3 is 2.64 bits per heavy atom. The number of hydrogen-bond acceptors (Lipinski definition) is 4. The summed E-state index contributed by atoms with van der Waals surface area (Å²) in [5.41, 5.74) is 3.77. The average Bonchev–Trinajstić information content (AvgIpc) is 2.64. The van der Waals surface area contributed by atoms with Gasteiger partial charge in [0.15, 0.2) is 5.11 Å². The quantitative estimate of drug-likeness (QED) is 0.623. The summed E-state index contributed by atoms with van der Waals surface area (Å²) in [4.78, 5) is 21.7. The number of benzene rings is 2. The molecule has 0 saturated heterocycles. The van der Waals surface area contributed by atoms with Gasteiger partial charge in [-0.15, -0.1) is 0 Å². The summed E-state index contributed by atoms with van der Waals surface area (Å²) in [5, 5.41) is 4.41. The van der Waals surface area contributed by atoms with Crippen molar-refractivity contribution in [1.29, 1.82) is 0 Å². The molecular formula is C21H24N4O2S. The first kappa shape index (κ1) is 20.0. The highest BCUT2D eigenvalue weighted by atomic mass is 32.1. The van der Waals surface area contributed by atoms with E-state index in [-0.39, 0.29) is 5.56 Å². The van der Waals surface area contributed by atoms with Crippen molar-refractivity contribution in [1.82, 2.24) is 14.9 Å². The molecule has 0 atom stereocenters. The number of aromatic amines is 1. The van der Waals surface area contributed by atoms with Gasteiger partial charge in [-0.05, 0) is 61.5 Å². The Bertz CT molecular complexity index is 1030. The van der Waals surface area contributed by atoms with Crippen molar-refractivity contribution < 1.29 is 4.74 Å². The zero-order valence-electron chi connectivity index (χ0n) is 16.3. The minimum atomic E-state index is -0.152. The van der Waals surface area contributed by atoms with Gasteiger partial charge in [0.05, 0.1) is 24.1 Å². The normalized spacial score (nSPS) is 10.8. The summed E-state index contributed by atoms with van der Waals surface area (Å²) in [6, 6.07) is 13.5. The van der Waals surface area contributed by atoms with Crippen molar-refractivity contribution >= 4 is 33.9 Å². The summed E-state index contributed by atoms with van der Waals surface area (Å²) < 4.78 is 5.22. The van der Waals surface area contributed by atoms with Crippen LogP contribution in [0.2, 0.25) is 0 Å². The molecule has 0 aliphatic rings. The smallest absolute Gasteiger partial charge is 0.258 e. The van der Waals surface area contributed by atoms with Crippen LogP contribution in [0.4, 0.5) is 5.69 Å². The molecule has 7 heteroatoms. The van der Waals surface area contributed by atoms with Crippen LogP contribution in [0.25, 0.3) is 10.9 Å². The van der Waals surface area contributed by atoms with Gasteiger partial charge in [0.2, 0.25) is 0 Å². The molecule has 1 heterocycles. The largest absolute Gasteiger partial charge is 0.383 e. The maximum Gasteiger partial charge on any atom is 0.258 e. The van der Waals surface area contributed by atoms with Crippen molar-refractivity contribution in [2.45, 2.75) is 20.4 Å². The molecule has 1 aromatic heterocycles. The maximum atomic E-state index is 12.3. The first-order chi connectivity index (χ1) is 13.5. The molecule has 3 aromatic rings. The Morgan fingerprint density at radius 2 is 1.93 bits per heavy atom. The summed E-state index contributed by atoms with van der Waals surface area (Å²) in [5.74, 6) is 0.560. The molecule has 0 bridgehead atoms. The number of hydrogen-bond donors (Lipinski definition) is 2. The topological polar surface area (TPSA) is 70.2 Å². The van der Waals surface area contributed by atoms with Crippen molar-refractivity contribution in [2.24, 2.45) is 0 Å². The number of nitrogens with zero attached hydrogens (tertiary/aromatic N) is 2. The lowest BCUT2D eigenvalue weighted by molar-refractivity contribution is 0.174. The number of methoxy groups -OCH3 is 1. The van der Waals surface area contributed by atoms with Gasteiger partial charge >= 0.3 is 0 Å². The zero-order chi connectivity index (χ0) is 20.1. The third-order valence-electron chi connectivity index (χ3n) is 4.33. The van der Waals surface area contributed by atoms with E-state index in [1.807, 2.05) is 49.1 Å². The number of thiocarbonyl (C=S) groups is 1. The molecule has 28 heavy (non-hydrogen) atoms. The second-order valence-electron chi connectivity index (χ2n) is 6.75.